The van der Waals surface area contributed by atoms with Crippen molar-refractivity contribution in [3.8, 4) is 11.5 Å². The van der Waals surface area contributed by atoms with Crippen LogP contribution >= 0.6 is 69.6 Å². The first kappa shape index (κ1) is 24.6. The molecule has 0 unspecified atom stereocenters. The maximum atomic E-state index is 5.89. The quantitative estimate of drug-likeness (QED) is 0.373. The molecule has 158 valence electrons. The zero-order valence-electron chi connectivity index (χ0n) is 15.4. The molecule has 0 radical (unpaired) electrons. The molecule has 0 fully saturated rings. The van der Waals surface area contributed by atoms with E-state index in [0.29, 0.717) is 24.7 Å². The number of nitrogens with zero attached hydrogens (tertiary/aromatic N) is 3. The SMILES string of the molecule is CCCOc1cc(C=Cc2nc(C(Cl)(Cl)Cl)nc(C(Cl)(Cl)Cl)n2)cc(OCC)c1. The Hall–Kier alpha value is -0.690. The first-order valence-electron chi connectivity index (χ1n) is 8.52. The second kappa shape index (κ2) is 10.6. The van der Waals surface area contributed by atoms with Gasteiger partial charge in [0.2, 0.25) is 7.59 Å². The molecule has 1 aromatic carbocycles. The number of alkyl halides is 6. The molecule has 1 aromatic heterocycles. The van der Waals surface area contributed by atoms with Gasteiger partial charge in [-0.25, -0.2) is 15.0 Å². The molecule has 2 aromatic rings. The number of benzene rings is 1. The van der Waals surface area contributed by atoms with Gasteiger partial charge in [0.25, 0.3) is 0 Å². The van der Waals surface area contributed by atoms with E-state index in [9.17, 15) is 0 Å². The van der Waals surface area contributed by atoms with E-state index < -0.39 is 7.59 Å². The van der Waals surface area contributed by atoms with E-state index in [0.717, 1.165) is 12.0 Å². The second-order valence-corrected chi connectivity index (χ2v) is 10.3. The third kappa shape index (κ3) is 7.82. The van der Waals surface area contributed by atoms with E-state index in [1.807, 2.05) is 32.0 Å². The number of aromatic nitrogens is 3. The molecule has 0 atom stereocenters. The molecule has 1 heterocycles. The Balaban J connectivity index is 2.43. The van der Waals surface area contributed by atoms with Gasteiger partial charge in [-0.3, -0.25) is 0 Å². The van der Waals surface area contributed by atoms with E-state index in [1.54, 1.807) is 12.2 Å². The van der Waals surface area contributed by atoms with Gasteiger partial charge in [-0.1, -0.05) is 82.6 Å². The summed E-state index contributed by atoms with van der Waals surface area (Å²) in [4.78, 5) is 12.2. The summed E-state index contributed by atoms with van der Waals surface area (Å²) in [6, 6.07) is 5.51. The van der Waals surface area contributed by atoms with Gasteiger partial charge in [-0.15, -0.1) is 0 Å². The standard InChI is InChI=1S/C18H17Cl6N3O2/c1-3-7-29-13-9-11(8-12(10-13)28-4-2)5-6-14-25-15(17(19,20)21)27-16(26-14)18(22,23)24/h5-6,8-10H,3-4,7H2,1-2H3. The molecule has 0 spiro atoms. The van der Waals surface area contributed by atoms with E-state index in [-0.39, 0.29) is 17.5 Å². The molecule has 0 aliphatic carbocycles. The van der Waals surface area contributed by atoms with Gasteiger partial charge in [-0.2, -0.15) is 0 Å². The summed E-state index contributed by atoms with van der Waals surface area (Å²) >= 11 is 35.3. The highest BCUT2D eigenvalue weighted by molar-refractivity contribution is 6.67. The molecule has 0 N–H and O–H groups in total. The minimum atomic E-state index is -1.91. The minimum absolute atomic E-state index is 0.153. The van der Waals surface area contributed by atoms with Crippen LogP contribution in [-0.4, -0.2) is 28.2 Å². The van der Waals surface area contributed by atoms with Crippen LogP contribution in [0.2, 0.25) is 0 Å². The van der Waals surface area contributed by atoms with Crippen molar-refractivity contribution in [2.45, 2.75) is 27.9 Å². The summed E-state index contributed by atoms with van der Waals surface area (Å²) in [5.41, 5.74) is 0.785. The average molecular weight is 520 g/mol. The Kier molecular flexibility index (Phi) is 8.95. The average Bonchev–Trinajstić information content (AvgIpc) is 2.63. The molecule has 0 aliphatic rings. The van der Waals surface area contributed by atoms with Crippen LogP contribution in [0.15, 0.2) is 18.2 Å². The number of halogens is 6. The number of hydrogen-bond acceptors (Lipinski definition) is 5. The van der Waals surface area contributed by atoms with Crippen LogP contribution in [-0.2, 0) is 7.59 Å². The maximum Gasteiger partial charge on any atom is 0.250 e. The number of hydrogen-bond donors (Lipinski definition) is 0. The van der Waals surface area contributed by atoms with Gasteiger partial charge in [0.1, 0.15) is 11.5 Å². The van der Waals surface area contributed by atoms with Gasteiger partial charge in [0, 0.05) is 6.07 Å². The van der Waals surface area contributed by atoms with E-state index in [4.69, 9.17) is 79.1 Å². The fraction of sp³-hybridized carbons (Fsp3) is 0.389. The summed E-state index contributed by atoms with van der Waals surface area (Å²) in [5, 5.41) is 0. The summed E-state index contributed by atoms with van der Waals surface area (Å²) in [6.45, 7) is 5.04. The highest BCUT2D eigenvalue weighted by Crippen LogP contribution is 2.40. The van der Waals surface area contributed by atoms with Gasteiger partial charge in [0.05, 0.1) is 13.2 Å². The smallest absolute Gasteiger partial charge is 0.250 e. The zero-order valence-corrected chi connectivity index (χ0v) is 20.0. The molecule has 0 amide bonds. The topological polar surface area (TPSA) is 57.1 Å². The normalized spacial score (nSPS) is 12.4. The molecule has 11 heteroatoms. The van der Waals surface area contributed by atoms with Crippen LogP contribution in [0.3, 0.4) is 0 Å². The molecule has 5 nitrogen and oxygen atoms in total. The third-order valence-electron chi connectivity index (χ3n) is 3.27. The van der Waals surface area contributed by atoms with Crippen LogP contribution in [0.1, 0.15) is 43.3 Å². The van der Waals surface area contributed by atoms with Crippen molar-refractivity contribution in [2.24, 2.45) is 0 Å². The predicted molar refractivity (Wildman–Crippen MR) is 121 cm³/mol. The summed E-state index contributed by atoms with van der Waals surface area (Å²) in [6.07, 6.45) is 4.20. The molecule has 2 rings (SSSR count). The monoisotopic (exact) mass is 517 g/mol. The van der Waals surface area contributed by atoms with Crippen LogP contribution in [0.4, 0.5) is 0 Å². The first-order valence-corrected chi connectivity index (χ1v) is 10.8. The Bertz CT molecular complexity index is 833. The Morgan fingerprint density at radius 3 is 1.83 bits per heavy atom. The molecule has 0 saturated heterocycles. The Labute approximate surface area is 199 Å². The van der Waals surface area contributed by atoms with Crippen molar-refractivity contribution in [1.82, 2.24) is 15.0 Å². The maximum absolute atomic E-state index is 5.89. The van der Waals surface area contributed by atoms with E-state index >= 15 is 0 Å². The highest BCUT2D eigenvalue weighted by Gasteiger charge is 2.33. The van der Waals surface area contributed by atoms with Crippen molar-refractivity contribution < 1.29 is 9.47 Å². The second-order valence-electron chi connectivity index (χ2n) is 5.69. The van der Waals surface area contributed by atoms with Crippen LogP contribution in [0.25, 0.3) is 12.2 Å². The molecule has 29 heavy (non-hydrogen) atoms. The van der Waals surface area contributed by atoms with E-state index in [2.05, 4.69) is 15.0 Å². The van der Waals surface area contributed by atoms with Gasteiger partial charge < -0.3 is 9.47 Å². The molecular formula is C18H17Cl6N3O2. The van der Waals surface area contributed by atoms with Crippen molar-refractivity contribution >= 4 is 81.8 Å². The van der Waals surface area contributed by atoms with E-state index in [1.165, 1.54) is 0 Å². The largest absolute Gasteiger partial charge is 0.494 e. The third-order valence-corrected chi connectivity index (χ3v) is 4.29. The summed E-state index contributed by atoms with van der Waals surface area (Å²) in [7, 11) is 0. The predicted octanol–water partition coefficient (Wildman–Crippen LogP) is 6.88. The Morgan fingerprint density at radius 2 is 1.34 bits per heavy atom. The lowest BCUT2D eigenvalue weighted by atomic mass is 10.2. The van der Waals surface area contributed by atoms with Gasteiger partial charge >= 0.3 is 0 Å². The lowest BCUT2D eigenvalue weighted by molar-refractivity contribution is 0.309. The minimum Gasteiger partial charge on any atom is -0.494 e. The molecule has 0 saturated carbocycles. The first-order chi connectivity index (χ1) is 13.5. The lowest BCUT2D eigenvalue weighted by Crippen LogP contribution is -2.16. The fourth-order valence-electron chi connectivity index (χ4n) is 2.13. The lowest BCUT2D eigenvalue weighted by Gasteiger charge is -2.14. The van der Waals surface area contributed by atoms with Crippen LogP contribution < -0.4 is 9.47 Å². The molecular weight excluding hydrogens is 503 g/mol. The van der Waals surface area contributed by atoms with Crippen molar-refractivity contribution in [2.75, 3.05) is 13.2 Å². The van der Waals surface area contributed by atoms with Crippen LogP contribution in [0.5, 0.6) is 11.5 Å². The Morgan fingerprint density at radius 1 is 0.793 bits per heavy atom. The summed E-state index contributed by atoms with van der Waals surface area (Å²) in [5.74, 6) is 1.18. The highest BCUT2D eigenvalue weighted by atomic mass is 35.6. The van der Waals surface area contributed by atoms with Gasteiger partial charge in [0.15, 0.2) is 17.5 Å². The van der Waals surface area contributed by atoms with Gasteiger partial charge in [-0.05, 0) is 37.1 Å². The van der Waals surface area contributed by atoms with Crippen molar-refractivity contribution in [3.63, 3.8) is 0 Å². The number of ether oxygens (including phenoxy) is 2. The summed E-state index contributed by atoms with van der Waals surface area (Å²) < 4.78 is 7.47. The van der Waals surface area contributed by atoms with Crippen LogP contribution in [0, 0.1) is 0 Å². The number of rotatable bonds is 7. The molecule has 0 aliphatic heterocycles. The van der Waals surface area contributed by atoms with Crippen molar-refractivity contribution in [3.05, 3.63) is 41.2 Å². The zero-order chi connectivity index (χ0) is 21.7. The van der Waals surface area contributed by atoms with Crippen molar-refractivity contribution in [1.29, 1.82) is 0 Å². The fourth-order valence-corrected chi connectivity index (χ4v) is 2.64. The molecule has 0 bridgehead atoms.